The molecule has 3 aromatic rings. The van der Waals surface area contributed by atoms with Crippen LogP contribution in [0.4, 0.5) is 4.39 Å². The molecule has 0 spiro atoms. The van der Waals surface area contributed by atoms with Crippen LogP contribution in [0, 0.1) is 5.82 Å². The summed E-state index contributed by atoms with van der Waals surface area (Å²) >= 11 is 7.23. The molecule has 0 saturated carbocycles. The summed E-state index contributed by atoms with van der Waals surface area (Å²) in [7, 11) is 0. The van der Waals surface area contributed by atoms with Gasteiger partial charge in [0, 0.05) is 12.1 Å². The SMILES string of the molecule is O=C(NCc1ccccc1)c1nnc(/C(Cl)=C/c2ccccc2F)s1. The van der Waals surface area contributed by atoms with Crippen LogP contribution >= 0.6 is 22.9 Å². The molecule has 1 N–H and O–H groups in total. The molecule has 1 amide bonds. The van der Waals surface area contributed by atoms with Gasteiger partial charge in [-0.3, -0.25) is 4.79 Å². The minimum Gasteiger partial charge on any atom is -0.346 e. The zero-order valence-corrected chi connectivity index (χ0v) is 14.5. The van der Waals surface area contributed by atoms with Gasteiger partial charge in [0.15, 0.2) is 5.01 Å². The number of hydrogen-bond donors (Lipinski definition) is 1. The number of benzene rings is 2. The number of amides is 1. The van der Waals surface area contributed by atoms with Crippen molar-refractivity contribution >= 4 is 40.0 Å². The summed E-state index contributed by atoms with van der Waals surface area (Å²) in [5, 5.41) is 11.3. The van der Waals surface area contributed by atoms with E-state index < -0.39 is 0 Å². The molecule has 2 aromatic carbocycles. The highest BCUT2D eigenvalue weighted by Gasteiger charge is 2.14. The second-order valence-corrected chi connectivity index (χ2v) is 6.48. The topological polar surface area (TPSA) is 54.9 Å². The van der Waals surface area contributed by atoms with Gasteiger partial charge in [-0.25, -0.2) is 4.39 Å². The molecule has 0 aliphatic rings. The van der Waals surface area contributed by atoms with Gasteiger partial charge in [0.1, 0.15) is 5.82 Å². The van der Waals surface area contributed by atoms with Crippen molar-refractivity contribution in [3.05, 3.63) is 81.6 Å². The van der Waals surface area contributed by atoms with E-state index in [1.807, 2.05) is 30.3 Å². The maximum atomic E-state index is 13.7. The molecule has 25 heavy (non-hydrogen) atoms. The predicted molar refractivity (Wildman–Crippen MR) is 97.6 cm³/mol. The van der Waals surface area contributed by atoms with E-state index in [0.717, 1.165) is 16.9 Å². The fourth-order valence-electron chi connectivity index (χ4n) is 2.06. The Bertz CT molecular complexity index is 911. The van der Waals surface area contributed by atoms with Gasteiger partial charge in [-0.2, -0.15) is 0 Å². The van der Waals surface area contributed by atoms with E-state index in [2.05, 4.69) is 15.5 Å². The molecular weight excluding hydrogens is 361 g/mol. The van der Waals surface area contributed by atoms with E-state index in [1.54, 1.807) is 18.2 Å². The molecule has 1 heterocycles. The Hall–Kier alpha value is -2.57. The minimum atomic E-state index is -0.383. The van der Waals surface area contributed by atoms with Crippen LogP contribution in [0.5, 0.6) is 0 Å². The van der Waals surface area contributed by atoms with Gasteiger partial charge in [-0.1, -0.05) is 71.5 Å². The summed E-state index contributed by atoms with van der Waals surface area (Å²) in [4.78, 5) is 12.1. The number of rotatable bonds is 5. The maximum Gasteiger partial charge on any atom is 0.282 e. The van der Waals surface area contributed by atoms with Gasteiger partial charge in [0.25, 0.3) is 5.91 Å². The third kappa shape index (κ3) is 4.49. The highest BCUT2D eigenvalue weighted by molar-refractivity contribution is 7.15. The van der Waals surface area contributed by atoms with Gasteiger partial charge in [0.05, 0.1) is 5.03 Å². The van der Waals surface area contributed by atoms with E-state index in [-0.39, 0.29) is 21.8 Å². The van der Waals surface area contributed by atoms with E-state index in [4.69, 9.17) is 11.6 Å². The third-order valence-corrected chi connectivity index (χ3v) is 4.66. The van der Waals surface area contributed by atoms with Crippen molar-refractivity contribution in [1.82, 2.24) is 15.5 Å². The molecular formula is C18H13ClFN3OS. The van der Waals surface area contributed by atoms with Gasteiger partial charge in [-0.15, -0.1) is 10.2 Å². The number of aromatic nitrogens is 2. The fourth-order valence-corrected chi connectivity index (χ4v) is 2.99. The van der Waals surface area contributed by atoms with Crippen molar-refractivity contribution in [1.29, 1.82) is 0 Å². The predicted octanol–water partition coefficient (Wildman–Crippen LogP) is 4.34. The first kappa shape index (κ1) is 17.3. The molecule has 0 fully saturated rings. The monoisotopic (exact) mass is 373 g/mol. The van der Waals surface area contributed by atoms with E-state index in [9.17, 15) is 9.18 Å². The Morgan fingerprint density at radius 2 is 1.76 bits per heavy atom. The van der Waals surface area contributed by atoms with Crippen LogP contribution in [0.3, 0.4) is 0 Å². The number of carbonyl (C=O) groups is 1. The molecule has 0 aliphatic heterocycles. The van der Waals surface area contributed by atoms with Crippen LogP contribution in [-0.2, 0) is 6.54 Å². The Balaban J connectivity index is 1.69. The van der Waals surface area contributed by atoms with Gasteiger partial charge in [-0.05, 0) is 17.7 Å². The zero-order chi connectivity index (χ0) is 17.6. The summed E-state index contributed by atoms with van der Waals surface area (Å²) in [5.41, 5.74) is 1.33. The average molecular weight is 374 g/mol. The molecule has 1 aromatic heterocycles. The summed E-state index contributed by atoms with van der Waals surface area (Å²) in [6.07, 6.45) is 1.46. The van der Waals surface area contributed by atoms with E-state index >= 15 is 0 Å². The lowest BCUT2D eigenvalue weighted by atomic mass is 10.2. The molecule has 7 heteroatoms. The molecule has 3 rings (SSSR count). The van der Waals surface area contributed by atoms with Crippen molar-refractivity contribution in [2.24, 2.45) is 0 Å². The number of halogens is 2. The van der Waals surface area contributed by atoms with E-state index in [1.165, 1.54) is 12.1 Å². The van der Waals surface area contributed by atoms with Gasteiger partial charge >= 0.3 is 0 Å². The smallest absolute Gasteiger partial charge is 0.282 e. The normalized spacial score (nSPS) is 11.4. The first-order chi connectivity index (χ1) is 12.1. The molecule has 0 aliphatic carbocycles. The molecule has 4 nitrogen and oxygen atoms in total. The van der Waals surface area contributed by atoms with Crippen LogP contribution in [0.1, 0.15) is 25.9 Å². The van der Waals surface area contributed by atoms with Crippen LogP contribution in [-0.4, -0.2) is 16.1 Å². The van der Waals surface area contributed by atoms with Crippen molar-refractivity contribution in [2.45, 2.75) is 6.54 Å². The van der Waals surface area contributed by atoms with Crippen molar-refractivity contribution in [2.75, 3.05) is 0 Å². The summed E-state index contributed by atoms with van der Waals surface area (Å²) in [5.74, 6) is -0.714. The first-order valence-electron chi connectivity index (χ1n) is 7.41. The Kier molecular flexibility index (Phi) is 5.53. The number of hydrogen-bond acceptors (Lipinski definition) is 4. The molecule has 0 bridgehead atoms. The third-order valence-electron chi connectivity index (χ3n) is 3.31. The Morgan fingerprint density at radius 3 is 2.52 bits per heavy atom. The maximum absolute atomic E-state index is 13.7. The van der Waals surface area contributed by atoms with Crippen LogP contribution < -0.4 is 5.32 Å². The van der Waals surface area contributed by atoms with Gasteiger partial charge < -0.3 is 5.32 Å². The highest BCUT2D eigenvalue weighted by Crippen LogP contribution is 2.26. The van der Waals surface area contributed by atoms with E-state index in [0.29, 0.717) is 17.1 Å². The number of nitrogens with zero attached hydrogens (tertiary/aromatic N) is 2. The first-order valence-corrected chi connectivity index (χ1v) is 8.60. The van der Waals surface area contributed by atoms with Crippen molar-refractivity contribution in [3.63, 3.8) is 0 Å². The second-order valence-electron chi connectivity index (χ2n) is 5.09. The largest absolute Gasteiger partial charge is 0.346 e. The van der Waals surface area contributed by atoms with Crippen molar-refractivity contribution < 1.29 is 9.18 Å². The average Bonchev–Trinajstić information content (AvgIpc) is 3.13. The van der Waals surface area contributed by atoms with Crippen molar-refractivity contribution in [3.8, 4) is 0 Å². The fraction of sp³-hybridized carbons (Fsp3) is 0.0556. The lowest BCUT2D eigenvalue weighted by Crippen LogP contribution is -2.22. The summed E-state index contributed by atoms with van der Waals surface area (Å²) < 4.78 is 13.7. The summed E-state index contributed by atoms with van der Waals surface area (Å²) in [6.45, 7) is 0.396. The molecule has 0 saturated heterocycles. The molecule has 0 unspecified atom stereocenters. The van der Waals surface area contributed by atoms with Gasteiger partial charge in [0.2, 0.25) is 5.01 Å². The summed E-state index contributed by atoms with van der Waals surface area (Å²) in [6, 6.07) is 15.8. The highest BCUT2D eigenvalue weighted by atomic mass is 35.5. The number of nitrogens with one attached hydrogen (secondary N) is 1. The van der Waals surface area contributed by atoms with Crippen LogP contribution in [0.25, 0.3) is 11.1 Å². The molecule has 0 radical (unpaired) electrons. The lowest BCUT2D eigenvalue weighted by Gasteiger charge is -2.02. The molecule has 126 valence electrons. The Morgan fingerprint density at radius 1 is 1.08 bits per heavy atom. The van der Waals surface area contributed by atoms with Crippen LogP contribution in [0.2, 0.25) is 0 Å². The second kappa shape index (κ2) is 8.00. The minimum absolute atomic E-state index is 0.200. The number of carbonyl (C=O) groups excluding carboxylic acids is 1. The molecule has 0 atom stereocenters. The Labute approximate surface area is 153 Å². The standard InChI is InChI=1S/C18H13ClFN3OS/c19-14(10-13-8-4-5-9-15(13)20)17-22-23-18(25-17)16(24)21-11-12-6-2-1-3-7-12/h1-10H,11H2,(H,21,24)/b14-10-. The van der Waals surface area contributed by atoms with Crippen LogP contribution in [0.15, 0.2) is 54.6 Å². The lowest BCUT2D eigenvalue weighted by molar-refractivity contribution is 0.0950. The zero-order valence-electron chi connectivity index (χ0n) is 12.9. The quantitative estimate of drug-likeness (QED) is 0.723.